The van der Waals surface area contributed by atoms with Crippen molar-refractivity contribution in [3.63, 3.8) is 0 Å². The highest BCUT2D eigenvalue weighted by Gasteiger charge is 2.20. The molecule has 0 aliphatic carbocycles. The van der Waals surface area contributed by atoms with Crippen molar-refractivity contribution in [1.29, 1.82) is 0 Å². The van der Waals surface area contributed by atoms with Crippen molar-refractivity contribution in [2.24, 2.45) is 0 Å². The third-order valence-corrected chi connectivity index (χ3v) is 3.41. The van der Waals surface area contributed by atoms with Crippen LogP contribution in [-0.4, -0.2) is 23.2 Å². The van der Waals surface area contributed by atoms with Crippen LogP contribution in [0.2, 0.25) is 0 Å². The molecule has 1 amide bonds. The number of amides is 1. The van der Waals surface area contributed by atoms with E-state index in [9.17, 15) is 9.90 Å². The van der Waals surface area contributed by atoms with Crippen molar-refractivity contribution >= 4 is 12.0 Å². The van der Waals surface area contributed by atoms with Gasteiger partial charge in [-0.3, -0.25) is 4.79 Å². The Morgan fingerprint density at radius 1 is 1.32 bits per heavy atom. The predicted molar refractivity (Wildman–Crippen MR) is 86.1 cm³/mol. The van der Waals surface area contributed by atoms with Gasteiger partial charge in [-0.25, -0.2) is 0 Å². The van der Waals surface area contributed by atoms with Gasteiger partial charge in [-0.05, 0) is 37.5 Å². The quantitative estimate of drug-likeness (QED) is 0.773. The van der Waals surface area contributed by atoms with Crippen LogP contribution in [0, 0.1) is 0 Å². The molecule has 2 aromatic rings. The van der Waals surface area contributed by atoms with E-state index in [4.69, 9.17) is 4.42 Å². The van der Waals surface area contributed by atoms with Crippen LogP contribution >= 0.6 is 0 Å². The van der Waals surface area contributed by atoms with E-state index in [2.05, 4.69) is 5.32 Å². The number of furan rings is 1. The minimum Gasteiger partial charge on any atom is -0.472 e. The summed E-state index contributed by atoms with van der Waals surface area (Å²) in [5.41, 5.74) is 1.06. The van der Waals surface area contributed by atoms with Gasteiger partial charge >= 0.3 is 0 Å². The van der Waals surface area contributed by atoms with E-state index >= 15 is 0 Å². The van der Waals surface area contributed by atoms with Gasteiger partial charge in [0, 0.05) is 18.2 Å². The highest BCUT2D eigenvalue weighted by atomic mass is 16.3. The lowest BCUT2D eigenvalue weighted by molar-refractivity contribution is -0.117. The number of carbonyl (C=O) groups is 1. The predicted octanol–water partition coefficient (Wildman–Crippen LogP) is 2.79. The molecule has 0 fully saturated rings. The molecule has 116 valence electrons. The highest BCUT2D eigenvalue weighted by Crippen LogP contribution is 2.13. The van der Waals surface area contributed by atoms with Crippen LogP contribution in [0.5, 0.6) is 0 Å². The lowest BCUT2D eigenvalue weighted by Gasteiger charge is -2.23. The van der Waals surface area contributed by atoms with E-state index in [1.807, 2.05) is 30.3 Å². The average Bonchev–Trinajstić information content (AvgIpc) is 3.04. The molecule has 0 aliphatic rings. The summed E-state index contributed by atoms with van der Waals surface area (Å²) in [6.45, 7) is 1.95. The number of nitrogens with one attached hydrogen (secondary N) is 1. The molecule has 1 atom stereocenters. The standard InChI is InChI=1S/C18H21NO3/c1-18(21,11-9-15-5-3-2-4-6-15)14-19-17(20)8-7-16-10-12-22-13-16/h2-8,10,12-13,21H,9,11,14H2,1H3,(H,19,20)/b8-7+. The molecule has 1 unspecified atom stereocenters. The molecule has 4 heteroatoms. The number of carbonyl (C=O) groups excluding carboxylic acids is 1. The molecule has 0 aliphatic heterocycles. The maximum Gasteiger partial charge on any atom is 0.244 e. The maximum atomic E-state index is 11.7. The Bertz CT molecular complexity index is 601. The second-order valence-corrected chi connectivity index (χ2v) is 5.59. The van der Waals surface area contributed by atoms with Crippen LogP contribution in [-0.2, 0) is 11.2 Å². The Balaban J connectivity index is 1.75. The molecule has 0 saturated heterocycles. The fourth-order valence-corrected chi connectivity index (χ4v) is 2.02. The van der Waals surface area contributed by atoms with Crippen molar-refractivity contribution in [3.8, 4) is 0 Å². The fraction of sp³-hybridized carbons (Fsp3) is 0.278. The van der Waals surface area contributed by atoms with Crippen molar-refractivity contribution in [1.82, 2.24) is 5.32 Å². The normalized spacial score (nSPS) is 13.9. The molecule has 2 rings (SSSR count). The average molecular weight is 299 g/mol. The van der Waals surface area contributed by atoms with Crippen LogP contribution < -0.4 is 5.32 Å². The van der Waals surface area contributed by atoms with Crippen LogP contribution in [0.15, 0.2) is 59.4 Å². The van der Waals surface area contributed by atoms with E-state index in [0.29, 0.717) is 6.42 Å². The summed E-state index contributed by atoms with van der Waals surface area (Å²) in [4.78, 5) is 11.7. The zero-order valence-corrected chi connectivity index (χ0v) is 12.7. The molecule has 0 radical (unpaired) electrons. The van der Waals surface area contributed by atoms with Crippen molar-refractivity contribution in [2.45, 2.75) is 25.4 Å². The lowest BCUT2D eigenvalue weighted by atomic mass is 9.97. The minimum atomic E-state index is -0.936. The van der Waals surface area contributed by atoms with Crippen molar-refractivity contribution in [3.05, 3.63) is 66.1 Å². The maximum absolute atomic E-state index is 11.7. The van der Waals surface area contributed by atoms with Crippen LogP contribution in [0.1, 0.15) is 24.5 Å². The topological polar surface area (TPSA) is 62.5 Å². The summed E-state index contributed by atoms with van der Waals surface area (Å²) in [5.74, 6) is -0.235. The number of aryl methyl sites for hydroxylation is 1. The lowest BCUT2D eigenvalue weighted by Crippen LogP contribution is -2.40. The molecule has 1 aromatic heterocycles. The first kappa shape index (κ1) is 16.0. The fourth-order valence-electron chi connectivity index (χ4n) is 2.02. The Kier molecular flexibility index (Phi) is 5.55. The van der Waals surface area contributed by atoms with Gasteiger partial charge in [-0.1, -0.05) is 30.3 Å². The van der Waals surface area contributed by atoms with Crippen molar-refractivity contribution in [2.75, 3.05) is 6.54 Å². The van der Waals surface area contributed by atoms with E-state index in [-0.39, 0.29) is 12.5 Å². The van der Waals surface area contributed by atoms with E-state index in [0.717, 1.165) is 12.0 Å². The van der Waals surface area contributed by atoms with Gasteiger partial charge in [0.1, 0.15) is 0 Å². The highest BCUT2D eigenvalue weighted by molar-refractivity contribution is 5.91. The minimum absolute atomic E-state index is 0.217. The third kappa shape index (κ3) is 5.58. The Labute approximate surface area is 130 Å². The van der Waals surface area contributed by atoms with Gasteiger partial charge < -0.3 is 14.8 Å². The zero-order valence-electron chi connectivity index (χ0n) is 12.7. The molecule has 1 heterocycles. The van der Waals surface area contributed by atoms with Crippen LogP contribution in [0.3, 0.4) is 0 Å². The molecule has 4 nitrogen and oxygen atoms in total. The Morgan fingerprint density at radius 3 is 2.77 bits per heavy atom. The van der Waals surface area contributed by atoms with Gasteiger partial charge in [-0.2, -0.15) is 0 Å². The smallest absolute Gasteiger partial charge is 0.244 e. The zero-order chi connectivity index (χ0) is 15.8. The SMILES string of the molecule is CC(O)(CCc1ccccc1)CNC(=O)/C=C/c1ccoc1. The second-order valence-electron chi connectivity index (χ2n) is 5.59. The first-order chi connectivity index (χ1) is 10.6. The number of hydrogen-bond donors (Lipinski definition) is 2. The van der Waals surface area contributed by atoms with E-state index in [1.165, 1.54) is 11.6 Å². The molecule has 1 aromatic carbocycles. The van der Waals surface area contributed by atoms with Gasteiger partial charge in [0.15, 0.2) is 0 Å². The summed E-state index contributed by atoms with van der Waals surface area (Å²) in [5, 5.41) is 13.0. The summed E-state index contributed by atoms with van der Waals surface area (Å²) in [7, 11) is 0. The Morgan fingerprint density at radius 2 is 2.09 bits per heavy atom. The van der Waals surface area contributed by atoms with E-state index in [1.54, 1.807) is 31.6 Å². The largest absolute Gasteiger partial charge is 0.472 e. The Hall–Kier alpha value is -2.33. The van der Waals surface area contributed by atoms with Gasteiger partial charge in [0.05, 0.1) is 18.1 Å². The molecular formula is C18H21NO3. The molecule has 0 spiro atoms. The van der Waals surface area contributed by atoms with Gasteiger partial charge in [0.25, 0.3) is 0 Å². The number of rotatable bonds is 7. The first-order valence-corrected chi connectivity index (χ1v) is 7.30. The summed E-state index contributed by atoms with van der Waals surface area (Å²) in [6, 6.07) is 11.7. The molecule has 22 heavy (non-hydrogen) atoms. The summed E-state index contributed by atoms with van der Waals surface area (Å²) in [6.07, 6.45) is 7.55. The first-order valence-electron chi connectivity index (χ1n) is 7.30. The van der Waals surface area contributed by atoms with Crippen LogP contribution in [0.25, 0.3) is 6.08 Å². The molecule has 0 saturated carbocycles. The van der Waals surface area contributed by atoms with Gasteiger partial charge in [-0.15, -0.1) is 0 Å². The number of hydrogen-bond acceptors (Lipinski definition) is 3. The monoisotopic (exact) mass is 299 g/mol. The van der Waals surface area contributed by atoms with Gasteiger partial charge in [0.2, 0.25) is 5.91 Å². The number of benzene rings is 1. The molecule has 2 N–H and O–H groups in total. The van der Waals surface area contributed by atoms with E-state index < -0.39 is 5.60 Å². The second kappa shape index (κ2) is 7.61. The van der Waals surface area contributed by atoms with Crippen LogP contribution in [0.4, 0.5) is 0 Å². The van der Waals surface area contributed by atoms with Crippen molar-refractivity contribution < 1.29 is 14.3 Å². The number of aliphatic hydroxyl groups is 1. The summed E-state index contributed by atoms with van der Waals surface area (Å²) < 4.78 is 4.91. The summed E-state index contributed by atoms with van der Waals surface area (Å²) >= 11 is 0. The third-order valence-electron chi connectivity index (χ3n) is 3.41. The molecule has 0 bridgehead atoms. The molecular weight excluding hydrogens is 278 g/mol.